The predicted molar refractivity (Wildman–Crippen MR) is 132 cm³/mol. The van der Waals surface area contributed by atoms with Crippen LogP contribution in [0.4, 0.5) is 5.69 Å². The lowest BCUT2D eigenvalue weighted by Crippen LogP contribution is -2.36. The molecule has 4 rings (SSSR count). The largest absolute Gasteiger partial charge is 0.308 e. The number of sulfonamides is 1. The molecule has 1 atom stereocenters. The lowest BCUT2D eigenvalue weighted by atomic mass is 10.0. The van der Waals surface area contributed by atoms with E-state index >= 15 is 0 Å². The summed E-state index contributed by atoms with van der Waals surface area (Å²) in [7, 11) is -3.66. The van der Waals surface area contributed by atoms with Crippen LogP contribution in [0.2, 0.25) is 5.02 Å². The van der Waals surface area contributed by atoms with Crippen LogP contribution in [-0.4, -0.2) is 26.9 Å². The van der Waals surface area contributed by atoms with Crippen molar-refractivity contribution in [3.63, 3.8) is 0 Å². The first-order valence-corrected chi connectivity index (χ1v) is 13.0. The van der Waals surface area contributed by atoms with Crippen LogP contribution in [0.15, 0.2) is 77.7 Å². The van der Waals surface area contributed by atoms with Crippen molar-refractivity contribution < 1.29 is 13.2 Å². The molecule has 0 bridgehead atoms. The molecular weight excluding hydrogens is 456 g/mol. The molecule has 172 valence electrons. The number of halogens is 1. The van der Waals surface area contributed by atoms with Gasteiger partial charge in [0, 0.05) is 28.9 Å². The van der Waals surface area contributed by atoms with Gasteiger partial charge in [0.05, 0.1) is 4.90 Å². The summed E-state index contributed by atoms with van der Waals surface area (Å²) >= 11 is 6.05. The number of rotatable bonds is 7. The third-order valence-electron chi connectivity index (χ3n) is 5.86. The van der Waals surface area contributed by atoms with E-state index in [-0.39, 0.29) is 16.8 Å². The maximum absolute atomic E-state index is 13.1. The normalized spacial score (nSPS) is 14.5. The van der Waals surface area contributed by atoms with Crippen LogP contribution in [0.25, 0.3) is 0 Å². The lowest BCUT2D eigenvalue weighted by molar-refractivity contribution is 0.0985. The van der Waals surface area contributed by atoms with Crippen LogP contribution >= 0.6 is 11.6 Å². The molecule has 0 spiro atoms. The Kier molecular flexibility index (Phi) is 7.17. The zero-order valence-electron chi connectivity index (χ0n) is 18.5. The first-order valence-electron chi connectivity index (χ1n) is 11.1. The van der Waals surface area contributed by atoms with Gasteiger partial charge in [-0.25, -0.2) is 13.1 Å². The number of hydrogen-bond acceptors (Lipinski definition) is 3. The maximum Gasteiger partial charge on any atom is 0.258 e. The summed E-state index contributed by atoms with van der Waals surface area (Å²) in [5.41, 5.74) is 3.31. The molecule has 0 saturated heterocycles. The molecule has 33 heavy (non-hydrogen) atoms. The Bertz CT molecular complexity index is 1250. The van der Waals surface area contributed by atoms with Gasteiger partial charge in [0.15, 0.2) is 0 Å². The minimum Gasteiger partial charge on any atom is -0.308 e. The fourth-order valence-corrected chi connectivity index (χ4v) is 5.67. The van der Waals surface area contributed by atoms with E-state index in [1.54, 1.807) is 47.4 Å². The molecule has 5 nitrogen and oxygen atoms in total. The third-order valence-corrected chi connectivity index (χ3v) is 7.68. The van der Waals surface area contributed by atoms with Crippen molar-refractivity contribution in [1.82, 2.24) is 4.72 Å². The highest BCUT2D eigenvalue weighted by Gasteiger charge is 2.26. The van der Waals surface area contributed by atoms with E-state index in [1.807, 2.05) is 37.3 Å². The Balaban J connectivity index is 1.49. The van der Waals surface area contributed by atoms with Gasteiger partial charge in [0.2, 0.25) is 10.0 Å². The SMILES string of the molecule is C[C@H](CCc1ccccc1)NS(=O)(=O)c1ccc2c(c1)CCCN2C(=O)c1cccc(Cl)c1. The third kappa shape index (κ3) is 5.64. The number of anilines is 1. The molecule has 0 aromatic heterocycles. The van der Waals surface area contributed by atoms with Crippen LogP contribution in [-0.2, 0) is 22.9 Å². The van der Waals surface area contributed by atoms with Crippen LogP contribution in [0.3, 0.4) is 0 Å². The van der Waals surface area contributed by atoms with Gasteiger partial charge in [-0.3, -0.25) is 4.79 Å². The number of carbonyl (C=O) groups is 1. The number of nitrogens with zero attached hydrogens (tertiary/aromatic N) is 1. The van der Waals surface area contributed by atoms with Gasteiger partial charge in [0.25, 0.3) is 5.91 Å². The zero-order chi connectivity index (χ0) is 23.4. The molecule has 0 radical (unpaired) electrons. The molecule has 3 aromatic carbocycles. The highest BCUT2D eigenvalue weighted by atomic mass is 35.5. The topological polar surface area (TPSA) is 66.5 Å². The number of amides is 1. The van der Waals surface area contributed by atoms with Gasteiger partial charge in [-0.1, -0.05) is 48.0 Å². The van der Waals surface area contributed by atoms with E-state index in [1.165, 1.54) is 5.56 Å². The first-order chi connectivity index (χ1) is 15.8. The molecule has 1 heterocycles. The average molecular weight is 483 g/mol. The monoisotopic (exact) mass is 482 g/mol. The Hall–Kier alpha value is -2.67. The smallest absolute Gasteiger partial charge is 0.258 e. The molecule has 0 fully saturated rings. The second-order valence-corrected chi connectivity index (χ2v) is 10.6. The number of carbonyl (C=O) groups excluding carboxylic acids is 1. The molecule has 0 saturated carbocycles. The van der Waals surface area contributed by atoms with Gasteiger partial charge < -0.3 is 4.90 Å². The summed E-state index contributed by atoms with van der Waals surface area (Å²) in [5.74, 6) is -0.137. The van der Waals surface area contributed by atoms with Crippen molar-refractivity contribution in [2.24, 2.45) is 0 Å². The van der Waals surface area contributed by atoms with Crippen LogP contribution in [0, 0.1) is 0 Å². The Labute approximate surface area is 200 Å². The second kappa shape index (κ2) is 10.1. The van der Waals surface area contributed by atoms with Gasteiger partial charge in [-0.15, -0.1) is 0 Å². The van der Waals surface area contributed by atoms with Crippen LogP contribution in [0.1, 0.15) is 41.3 Å². The molecule has 0 aliphatic carbocycles. The van der Waals surface area contributed by atoms with E-state index in [2.05, 4.69) is 4.72 Å². The van der Waals surface area contributed by atoms with E-state index in [0.29, 0.717) is 23.6 Å². The fraction of sp³-hybridized carbons (Fsp3) is 0.269. The Morgan fingerprint density at radius 3 is 2.61 bits per heavy atom. The molecule has 0 unspecified atom stereocenters. The summed E-state index contributed by atoms with van der Waals surface area (Å²) in [5, 5.41) is 0.506. The second-order valence-electron chi connectivity index (χ2n) is 8.41. The van der Waals surface area contributed by atoms with E-state index in [0.717, 1.165) is 30.5 Å². The molecule has 3 aromatic rings. The van der Waals surface area contributed by atoms with Crippen molar-refractivity contribution >= 4 is 33.2 Å². The van der Waals surface area contributed by atoms with Gasteiger partial charge >= 0.3 is 0 Å². The number of benzene rings is 3. The average Bonchev–Trinajstić information content (AvgIpc) is 2.82. The van der Waals surface area contributed by atoms with E-state index in [9.17, 15) is 13.2 Å². The molecule has 1 aliphatic rings. The molecule has 1 N–H and O–H groups in total. The summed E-state index contributed by atoms with van der Waals surface area (Å²) in [6.07, 6.45) is 3.00. The summed E-state index contributed by atoms with van der Waals surface area (Å²) in [6, 6.07) is 21.7. The van der Waals surface area contributed by atoms with Gasteiger partial charge in [-0.05, 0) is 80.1 Å². The number of aryl methyl sites for hydroxylation is 2. The summed E-state index contributed by atoms with van der Waals surface area (Å²) in [4.78, 5) is 15.0. The Morgan fingerprint density at radius 1 is 1.06 bits per heavy atom. The van der Waals surface area contributed by atoms with Crippen molar-refractivity contribution in [3.05, 3.63) is 94.5 Å². The zero-order valence-corrected chi connectivity index (χ0v) is 20.1. The van der Waals surface area contributed by atoms with E-state index in [4.69, 9.17) is 11.6 Å². The van der Waals surface area contributed by atoms with E-state index < -0.39 is 10.0 Å². The minimum absolute atomic E-state index is 0.137. The summed E-state index contributed by atoms with van der Waals surface area (Å²) in [6.45, 7) is 2.46. The molecule has 7 heteroatoms. The van der Waals surface area contributed by atoms with Gasteiger partial charge in [-0.2, -0.15) is 0 Å². The number of nitrogens with one attached hydrogen (secondary N) is 1. The lowest BCUT2D eigenvalue weighted by Gasteiger charge is -2.30. The summed E-state index contributed by atoms with van der Waals surface area (Å²) < 4.78 is 28.8. The molecule has 1 aliphatic heterocycles. The standard InChI is InChI=1S/C26H27ClN2O3S/c1-19(12-13-20-7-3-2-4-8-20)28-33(31,32)24-14-15-25-21(18-24)10-6-16-29(25)26(30)22-9-5-11-23(27)17-22/h2-5,7-9,11,14-15,17-19,28H,6,10,12-13,16H2,1H3/t19-/m1/s1. The quantitative estimate of drug-likeness (QED) is 0.501. The van der Waals surface area contributed by atoms with Crippen LogP contribution < -0.4 is 9.62 Å². The van der Waals surface area contributed by atoms with Crippen LogP contribution in [0.5, 0.6) is 0 Å². The van der Waals surface area contributed by atoms with Crippen molar-refractivity contribution in [2.45, 2.75) is 43.5 Å². The van der Waals surface area contributed by atoms with Crippen molar-refractivity contribution in [2.75, 3.05) is 11.4 Å². The molecule has 1 amide bonds. The Morgan fingerprint density at radius 2 is 1.85 bits per heavy atom. The highest BCUT2D eigenvalue weighted by molar-refractivity contribution is 7.89. The molecular formula is C26H27ClN2O3S. The van der Waals surface area contributed by atoms with Crippen molar-refractivity contribution in [1.29, 1.82) is 0 Å². The number of fused-ring (bicyclic) bond motifs is 1. The minimum atomic E-state index is -3.66. The fourth-order valence-electron chi connectivity index (χ4n) is 4.15. The van der Waals surface area contributed by atoms with Gasteiger partial charge in [0.1, 0.15) is 0 Å². The van der Waals surface area contributed by atoms with Crippen molar-refractivity contribution in [3.8, 4) is 0 Å². The first kappa shape index (κ1) is 23.5. The maximum atomic E-state index is 13.1. The predicted octanol–water partition coefficient (Wildman–Crippen LogP) is 5.23. The number of hydrogen-bond donors (Lipinski definition) is 1. The highest BCUT2D eigenvalue weighted by Crippen LogP contribution is 2.31.